The predicted octanol–water partition coefficient (Wildman–Crippen LogP) is 3.20. The van der Waals surface area contributed by atoms with Crippen LogP contribution in [0.3, 0.4) is 0 Å². The van der Waals surface area contributed by atoms with Crippen LogP contribution in [0.4, 0.5) is 0 Å². The van der Waals surface area contributed by atoms with E-state index in [0.29, 0.717) is 42.5 Å². The average molecular weight is 347 g/mol. The van der Waals surface area contributed by atoms with Gasteiger partial charge in [0, 0.05) is 36.6 Å². The molecule has 1 aromatic heterocycles. The van der Waals surface area contributed by atoms with Crippen LogP contribution >= 0.6 is 11.6 Å². The third kappa shape index (κ3) is 3.46. The first-order valence-electron chi connectivity index (χ1n) is 7.95. The molecule has 24 heavy (non-hydrogen) atoms. The molecule has 0 atom stereocenters. The summed E-state index contributed by atoms with van der Waals surface area (Å²) < 4.78 is 5.71. The topological polar surface area (TPSA) is 62.6 Å². The van der Waals surface area contributed by atoms with Crippen molar-refractivity contribution in [2.45, 2.75) is 12.8 Å². The van der Waals surface area contributed by atoms with Gasteiger partial charge in [0.05, 0.1) is 0 Å². The van der Waals surface area contributed by atoms with E-state index in [-0.39, 0.29) is 17.7 Å². The number of carbonyl (C=O) groups excluding carboxylic acids is 2. The second-order valence-corrected chi connectivity index (χ2v) is 6.29. The fraction of sp³-hybridized carbons (Fsp3) is 0.333. The molecule has 1 saturated heterocycles. The number of rotatable bonds is 3. The van der Waals surface area contributed by atoms with Crippen molar-refractivity contribution in [3.8, 4) is 11.3 Å². The third-order valence-electron chi connectivity index (χ3n) is 4.34. The van der Waals surface area contributed by atoms with Crippen molar-refractivity contribution in [1.29, 1.82) is 0 Å². The molecule has 2 amide bonds. The summed E-state index contributed by atoms with van der Waals surface area (Å²) in [6.45, 7) is 1.13. The molecular weight excluding hydrogens is 328 g/mol. The van der Waals surface area contributed by atoms with Crippen LogP contribution in [0, 0.1) is 5.92 Å². The number of likely N-dealkylation sites (tertiary alicyclic amines) is 1. The van der Waals surface area contributed by atoms with E-state index in [1.165, 1.54) is 0 Å². The standard InChI is InChI=1S/C18H19ClN2O3/c1-20-17(22)13-8-10-21(11-9-13)18(23)16-7-6-15(24-16)12-2-4-14(19)5-3-12/h2-7,13H,8-11H2,1H3,(H,20,22). The van der Waals surface area contributed by atoms with E-state index in [9.17, 15) is 9.59 Å². The van der Waals surface area contributed by atoms with Gasteiger partial charge < -0.3 is 14.6 Å². The van der Waals surface area contributed by atoms with E-state index in [2.05, 4.69) is 5.32 Å². The number of amides is 2. The first-order chi connectivity index (χ1) is 11.6. The molecule has 3 rings (SSSR count). The molecule has 0 spiro atoms. The van der Waals surface area contributed by atoms with Crippen LogP contribution < -0.4 is 5.32 Å². The highest BCUT2D eigenvalue weighted by molar-refractivity contribution is 6.30. The largest absolute Gasteiger partial charge is 0.451 e. The molecule has 6 heteroatoms. The number of hydrogen-bond acceptors (Lipinski definition) is 3. The molecule has 1 fully saturated rings. The van der Waals surface area contributed by atoms with E-state index >= 15 is 0 Å². The van der Waals surface area contributed by atoms with Crippen LogP contribution in [0.5, 0.6) is 0 Å². The number of nitrogens with zero attached hydrogens (tertiary/aromatic N) is 1. The monoisotopic (exact) mass is 346 g/mol. The molecule has 0 aliphatic carbocycles. The fourth-order valence-corrected chi connectivity index (χ4v) is 3.05. The Hall–Kier alpha value is -2.27. The maximum atomic E-state index is 12.6. The lowest BCUT2D eigenvalue weighted by molar-refractivity contribution is -0.125. The molecule has 126 valence electrons. The van der Waals surface area contributed by atoms with Crippen LogP contribution in [0.25, 0.3) is 11.3 Å². The third-order valence-corrected chi connectivity index (χ3v) is 4.60. The van der Waals surface area contributed by atoms with Crippen LogP contribution in [0.2, 0.25) is 5.02 Å². The van der Waals surface area contributed by atoms with E-state index in [1.807, 2.05) is 12.1 Å². The number of benzene rings is 1. The van der Waals surface area contributed by atoms with Crippen LogP contribution in [0.15, 0.2) is 40.8 Å². The molecular formula is C18H19ClN2O3. The van der Waals surface area contributed by atoms with Gasteiger partial charge in [0.25, 0.3) is 5.91 Å². The SMILES string of the molecule is CNC(=O)C1CCN(C(=O)c2ccc(-c3ccc(Cl)cc3)o2)CC1. The number of hydrogen-bond donors (Lipinski definition) is 1. The van der Waals surface area contributed by atoms with Crippen molar-refractivity contribution in [3.05, 3.63) is 47.2 Å². The van der Waals surface area contributed by atoms with Crippen LogP contribution in [0.1, 0.15) is 23.4 Å². The Morgan fingerprint density at radius 2 is 1.79 bits per heavy atom. The first-order valence-corrected chi connectivity index (χ1v) is 8.33. The maximum Gasteiger partial charge on any atom is 0.289 e. The molecule has 2 heterocycles. The van der Waals surface area contributed by atoms with Gasteiger partial charge in [-0.2, -0.15) is 0 Å². The Labute approximate surface area is 145 Å². The molecule has 0 radical (unpaired) electrons. The molecule has 0 saturated carbocycles. The Morgan fingerprint density at radius 1 is 1.12 bits per heavy atom. The van der Waals surface area contributed by atoms with Crippen molar-refractivity contribution in [2.24, 2.45) is 5.92 Å². The summed E-state index contributed by atoms with van der Waals surface area (Å²) in [6, 6.07) is 10.7. The molecule has 0 bridgehead atoms. The summed E-state index contributed by atoms with van der Waals surface area (Å²) in [6.07, 6.45) is 1.35. The zero-order valence-electron chi connectivity index (χ0n) is 13.4. The number of piperidine rings is 1. The van der Waals surface area contributed by atoms with Gasteiger partial charge in [-0.25, -0.2) is 0 Å². The summed E-state index contributed by atoms with van der Waals surface area (Å²) in [5.41, 5.74) is 0.872. The van der Waals surface area contributed by atoms with Gasteiger partial charge in [-0.1, -0.05) is 11.6 Å². The smallest absolute Gasteiger partial charge is 0.289 e. The van der Waals surface area contributed by atoms with Gasteiger partial charge in [-0.3, -0.25) is 9.59 Å². The number of nitrogens with one attached hydrogen (secondary N) is 1. The minimum Gasteiger partial charge on any atom is -0.451 e. The molecule has 5 nitrogen and oxygen atoms in total. The average Bonchev–Trinajstić information content (AvgIpc) is 3.11. The molecule has 2 aromatic rings. The van der Waals surface area contributed by atoms with Gasteiger partial charge in [-0.15, -0.1) is 0 Å². The normalized spacial score (nSPS) is 15.3. The molecule has 1 aliphatic heterocycles. The number of halogens is 1. The van der Waals surface area contributed by atoms with Gasteiger partial charge in [0.1, 0.15) is 5.76 Å². The minimum absolute atomic E-state index is 0.0136. The highest BCUT2D eigenvalue weighted by Gasteiger charge is 2.28. The lowest BCUT2D eigenvalue weighted by Gasteiger charge is -2.30. The van der Waals surface area contributed by atoms with Crippen LogP contribution in [-0.4, -0.2) is 36.9 Å². The number of furan rings is 1. The lowest BCUT2D eigenvalue weighted by Crippen LogP contribution is -2.42. The Balaban J connectivity index is 1.66. The Morgan fingerprint density at radius 3 is 2.42 bits per heavy atom. The zero-order valence-corrected chi connectivity index (χ0v) is 14.2. The van der Waals surface area contributed by atoms with E-state index in [1.54, 1.807) is 36.2 Å². The Kier molecular flexibility index (Phi) is 4.90. The van der Waals surface area contributed by atoms with Crippen molar-refractivity contribution in [2.75, 3.05) is 20.1 Å². The van der Waals surface area contributed by atoms with Crippen LogP contribution in [-0.2, 0) is 4.79 Å². The highest BCUT2D eigenvalue weighted by atomic mass is 35.5. The van der Waals surface area contributed by atoms with Crippen molar-refractivity contribution >= 4 is 23.4 Å². The van der Waals surface area contributed by atoms with E-state index in [0.717, 1.165) is 5.56 Å². The highest BCUT2D eigenvalue weighted by Crippen LogP contribution is 2.25. The molecule has 1 N–H and O–H groups in total. The molecule has 1 aromatic carbocycles. The second kappa shape index (κ2) is 7.09. The maximum absolute atomic E-state index is 12.6. The number of carbonyl (C=O) groups is 2. The fourth-order valence-electron chi connectivity index (χ4n) is 2.93. The lowest BCUT2D eigenvalue weighted by atomic mass is 9.96. The summed E-state index contributed by atoms with van der Waals surface area (Å²) in [7, 11) is 1.64. The predicted molar refractivity (Wildman–Crippen MR) is 91.8 cm³/mol. The molecule has 1 aliphatic rings. The zero-order chi connectivity index (χ0) is 17.1. The Bertz CT molecular complexity index is 731. The van der Waals surface area contributed by atoms with Crippen molar-refractivity contribution in [1.82, 2.24) is 10.2 Å². The second-order valence-electron chi connectivity index (χ2n) is 5.85. The summed E-state index contributed by atoms with van der Waals surface area (Å²) in [4.78, 5) is 26.0. The quantitative estimate of drug-likeness (QED) is 0.928. The van der Waals surface area contributed by atoms with Crippen molar-refractivity contribution < 1.29 is 14.0 Å². The van der Waals surface area contributed by atoms with Gasteiger partial charge in [0.2, 0.25) is 5.91 Å². The molecule has 0 unspecified atom stereocenters. The summed E-state index contributed by atoms with van der Waals surface area (Å²) in [5, 5.41) is 3.32. The van der Waals surface area contributed by atoms with Gasteiger partial charge in [0.15, 0.2) is 5.76 Å². The van der Waals surface area contributed by atoms with E-state index < -0.39 is 0 Å². The minimum atomic E-state index is -0.134. The first kappa shape index (κ1) is 16.6. The van der Waals surface area contributed by atoms with E-state index in [4.69, 9.17) is 16.0 Å². The summed E-state index contributed by atoms with van der Waals surface area (Å²) in [5.74, 6) is 0.851. The summed E-state index contributed by atoms with van der Waals surface area (Å²) >= 11 is 5.88. The van der Waals surface area contributed by atoms with Gasteiger partial charge in [-0.05, 0) is 49.2 Å². The van der Waals surface area contributed by atoms with Gasteiger partial charge >= 0.3 is 0 Å². The van der Waals surface area contributed by atoms with Crippen molar-refractivity contribution in [3.63, 3.8) is 0 Å².